The smallest absolute Gasteiger partial charge is 0.407 e. The lowest BCUT2D eigenvalue weighted by Crippen LogP contribution is -2.32. The first-order chi connectivity index (χ1) is 16.7. The summed E-state index contributed by atoms with van der Waals surface area (Å²) >= 11 is 1.62. The van der Waals surface area contributed by atoms with Gasteiger partial charge in [0.2, 0.25) is 0 Å². The van der Waals surface area contributed by atoms with Crippen LogP contribution in [0.3, 0.4) is 0 Å². The van der Waals surface area contributed by atoms with E-state index in [0.717, 1.165) is 37.9 Å². The van der Waals surface area contributed by atoms with E-state index in [2.05, 4.69) is 22.3 Å². The van der Waals surface area contributed by atoms with E-state index in [1.165, 1.54) is 0 Å². The number of rotatable bonds is 6. The molecule has 0 saturated carbocycles. The van der Waals surface area contributed by atoms with E-state index < -0.39 is 11.7 Å². The first kappa shape index (κ1) is 24.7. The van der Waals surface area contributed by atoms with Crippen molar-refractivity contribution in [1.82, 2.24) is 5.32 Å². The molecule has 0 spiro atoms. The van der Waals surface area contributed by atoms with Crippen molar-refractivity contribution in [1.29, 1.82) is 0 Å². The van der Waals surface area contributed by atoms with Crippen LogP contribution < -0.4 is 10.2 Å². The summed E-state index contributed by atoms with van der Waals surface area (Å²) in [6.45, 7) is 6.11. The van der Waals surface area contributed by atoms with Gasteiger partial charge in [-0.05, 0) is 49.6 Å². The van der Waals surface area contributed by atoms with E-state index in [-0.39, 0.29) is 19.0 Å². The Labute approximate surface area is 210 Å². The first-order valence-electron chi connectivity index (χ1n) is 11.5. The van der Waals surface area contributed by atoms with Crippen molar-refractivity contribution in [3.05, 3.63) is 83.4 Å². The number of nitrogens with zero attached hydrogens (tertiary/aromatic N) is 1. The minimum absolute atomic E-state index is 0.185. The average Bonchev–Trinajstić information content (AvgIpc) is 2.82. The molecule has 6 nitrogen and oxygen atoms in total. The van der Waals surface area contributed by atoms with E-state index in [1.807, 2.05) is 82.4 Å². The molecule has 3 aromatic rings. The van der Waals surface area contributed by atoms with E-state index in [9.17, 15) is 9.59 Å². The molecular formula is C28H30N2O4S. The lowest BCUT2D eigenvalue weighted by molar-refractivity contribution is -0.144. The summed E-state index contributed by atoms with van der Waals surface area (Å²) in [7, 11) is 2.01. The van der Waals surface area contributed by atoms with Gasteiger partial charge in [0.15, 0.2) is 0 Å². The maximum Gasteiger partial charge on any atom is 0.407 e. The third-order valence-corrected chi connectivity index (χ3v) is 6.83. The predicted molar refractivity (Wildman–Crippen MR) is 138 cm³/mol. The van der Waals surface area contributed by atoms with Crippen molar-refractivity contribution in [3.63, 3.8) is 0 Å². The van der Waals surface area contributed by atoms with Gasteiger partial charge >= 0.3 is 12.1 Å². The highest BCUT2D eigenvalue weighted by Gasteiger charge is 2.26. The molecule has 7 heteroatoms. The Kier molecular flexibility index (Phi) is 7.36. The third kappa shape index (κ3) is 6.17. The van der Waals surface area contributed by atoms with Gasteiger partial charge in [0.25, 0.3) is 0 Å². The van der Waals surface area contributed by atoms with Gasteiger partial charge in [0.05, 0.1) is 17.8 Å². The molecule has 0 fully saturated rings. The molecule has 1 N–H and O–H groups in total. The highest BCUT2D eigenvalue weighted by atomic mass is 32.2. The predicted octanol–water partition coefficient (Wildman–Crippen LogP) is 6.23. The third-order valence-electron chi connectivity index (χ3n) is 5.48. The zero-order chi connectivity index (χ0) is 25.0. The van der Waals surface area contributed by atoms with Crippen LogP contribution in [0.15, 0.2) is 76.5 Å². The van der Waals surface area contributed by atoms with Crippen molar-refractivity contribution in [2.75, 3.05) is 11.9 Å². The Balaban J connectivity index is 1.51. The van der Waals surface area contributed by atoms with Crippen LogP contribution >= 0.6 is 11.8 Å². The highest BCUT2D eigenvalue weighted by molar-refractivity contribution is 7.99. The average molecular weight is 491 g/mol. The molecule has 0 bridgehead atoms. The summed E-state index contributed by atoms with van der Waals surface area (Å²) in [6.07, 6.45) is -0.267. The molecule has 182 valence electrons. The Bertz CT molecular complexity index is 1220. The number of esters is 1. The zero-order valence-corrected chi connectivity index (χ0v) is 21.3. The molecule has 0 aliphatic carbocycles. The van der Waals surface area contributed by atoms with Crippen LogP contribution in [0.5, 0.6) is 0 Å². The van der Waals surface area contributed by atoms with Gasteiger partial charge in [-0.2, -0.15) is 0 Å². The van der Waals surface area contributed by atoms with Crippen LogP contribution in [0.1, 0.15) is 37.5 Å². The minimum atomic E-state index is -0.557. The zero-order valence-electron chi connectivity index (χ0n) is 20.5. The van der Waals surface area contributed by atoms with Crippen LogP contribution in [0, 0.1) is 0 Å². The number of fused-ring (bicyclic) bond motifs is 2. The van der Waals surface area contributed by atoms with E-state index in [4.69, 9.17) is 9.47 Å². The van der Waals surface area contributed by atoms with Gasteiger partial charge in [-0.25, -0.2) is 4.79 Å². The normalized spacial score (nSPS) is 12.4. The molecule has 1 amide bonds. The number of alkyl carbamates (subject to hydrolysis) is 1. The number of amides is 1. The molecule has 0 radical (unpaired) electrons. The lowest BCUT2D eigenvalue weighted by atomic mass is 10.1. The van der Waals surface area contributed by atoms with Crippen molar-refractivity contribution < 1.29 is 19.1 Å². The maximum absolute atomic E-state index is 12.7. The maximum atomic E-state index is 12.7. The minimum Gasteiger partial charge on any atom is -0.461 e. The molecule has 0 atom stereocenters. The number of benzene rings is 3. The SMILES string of the molecule is CN1c2cccc(CNC(=O)OC(C)(C)C)c2Sc2c(CC(=O)OCc3ccccc3)cccc21. The summed E-state index contributed by atoms with van der Waals surface area (Å²) in [4.78, 5) is 29.0. The van der Waals surface area contributed by atoms with Crippen molar-refractivity contribution in [3.8, 4) is 0 Å². The number of nitrogens with one attached hydrogen (secondary N) is 1. The van der Waals surface area contributed by atoms with Gasteiger partial charge in [-0.15, -0.1) is 0 Å². The number of hydrogen-bond acceptors (Lipinski definition) is 6. The van der Waals surface area contributed by atoms with Crippen LogP contribution in [-0.2, 0) is 33.8 Å². The molecule has 1 aliphatic rings. The second-order valence-electron chi connectivity index (χ2n) is 9.37. The van der Waals surface area contributed by atoms with Crippen molar-refractivity contribution in [2.45, 2.75) is 55.7 Å². The Morgan fingerprint density at radius 2 is 1.51 bits per heavy atom. The Morgan fingerprint density at radius 3 is 2.17 bits per heavy atom. The van der Waals surface area contributed by atoms with Crippen LogP contribution in [-0.4, -0.2) is 24.7 Å². The van der Waals surface area contributed by atoms with Gasteiger partial charge in [-0.3, -0.25) is 4.79 Å². The summed E-state index contributed by atoms with van der Waals surface area (Å²) < 4.78 is 10.9. The Morgan fingerprint density at radius 1 is 0.886 bits per heavy atom. The molecular weight excluding hydrogens is 460 g/mol. The van der Waals surface area contributed by atoms with Crippen molar-refractivity contribution >= 4 is 35.2 Å². The summed E-state index contributed by atoms with van der Waals surface area (Å²) in [6, 6.07) is 21.7. The number of anilines is 2. The second-order valence-corrected chi connectivity index (χ2v) is 10.4. The van der Waals surface area contributed by atoms with E-state index >= 15 is 0 Å². The summed E-state index contributed by atoms with van der Waals surface area (Å²) in [5.41, 5.74) is 4.39. The fraction of sp³-hybridized carbons (Fsp3) is 0.286. The topological polar surface area (TPSA) is 67.9 Å². The molecule has 1 aliphatic heterocycles. The van der Waals surface area contributed by atoms with E-state index in [1.54, 1.807) is 11.8 Å². The van der Waals surface area contributed by atoms with Crippen molar-refractivity contribution in [2.24, 2.45) is 0 Å². The molecule has 35 heavy (non-hydrogen) atoms. The summed E-state index contributed by atoms with van der Waals surface area (Å²) in [5.74, 6) is -0.267. The molecule has 3 aromatic carbocycles. The standard InChI is InChI=1S/C28H30N2O4S/c1-28(2,3)34-27(32)29-17-21-13-9-15-23-26(21)35-25-20(12-8-14-22(25)30(23)4)16-24(31)33-18-19-10-6-5-7-11-19/h5-15H,16-18H2,1-4H3,(H,29,32). The number of ether oxygens (including phenoxy) is 2. The second kappa shape index (κ2) is 10.4. The van der Waals surface area contributed by atoms with Crippen LogP contribution in [0.25, 0.3) is 0 Å². The first-order valence-corrected chi connectivity index (χ1v) is 12.3. The van der Waals surface area contributed by atoms with Crippen LogP contribution in [0.4, 0.5) is 16.2 Å². The molecule has 0 saturated heterocycles. The van der Waals surface area contributed by atoms with Gasteiger partial charge in [0.1, 0.15) is 12.2 Å². The highest BCUT2D eigenvalue weighted by Crippen LogP contribution is 2.50. The molecule has 0 aromatic heterocycles. The molecule has 1 heterocycles. The monoisotopic (exact) mass is 490 g/mol. The van der Waals surface area contributed by atoms with E-state index in [0.29, 0.717) is 6.54 Å². The number of carbonyl (C=O) groups excluding carboxylic acids is 2. The number of carbonyl (C=O) groups is 2. The summed E-state index contributed by atoms with van der Waals surface area (Å²) in [5, 5.41) is 2.86. The molecule has 4 rings (SSSR count). The fourth-order valence-electron chi connectivity index (χ4n) is 3.84. The van der Waals surface area contributed by atoms with Crippen LogP contribution in [0.2, 0.25) is 0 Å². The Hall–Kier alpha value is -3.45. The quantitative estimate of drug-likeness (QED) is 0.413. The lowest BCUT2D eigenvalue weighted by Gasteiger charge is -2.32. The number of hydrogen-bond donors (Lipinski definition) is 1. The van der Waals surface area contributed by atoms with Gasteiger partial charge < -0.3 is 19.7 Å². The largest absolute Gasteiger partial charge is 0.461 e. The van der Waals surface area contributed by atoms with Gasteiger partial charge in [-0.1, -0.05) is 66.4 Å². The fourth-order valence-corrected chi connectivity index (χ4v) is 5.21. The van der Waals surface area contributed by atoms with Gasteiger partial charge in [0, 0.05) is 23.4 Å². The molecule has 0 unspecified atom stereocenters.